The molecular formula is C19H26N4O2S. The standard InChI is InChI=1S/C19H26N4O2S/c1-6-9-23-17(25)14-8-7-13(10-15(14)21-18(23)26)16(24)20-11-19(2,3)12-22(4)5/h6-8,10H,1,9,11-12H2,2-5H3,(H,20,24)(H,21,26). The molecule has 0 aliphatic heterocycles. The van der Waals surface area contributed by atoms with E-state index >= 15 is 0 Å². The van der Waals surface area contributed by atoms with Gasteiger partial charge in [0.25, 0.3) is 11.5 Å². The van der Waals surface area contributed by atoms with Crippen molar-refractivity contribution in [3.8, 4) is 0 Å². The summed E-state index contributed by atoms with van der Waals surface area (Å²) in [7, 11) is 4.02. The monoisotopic (exact) mass is 374 g/mol. The Labute approximate surface area is 158 Å². The fourth-order valence-electron chi connectivity index (χ4n) is 3.02. The van der Waals surface area contributed by atoms with Crippen molar-refractivity contribution in [3.05, 3.63) is 51.5 Å². The van der Waals surface area contributed by atoms with Crippen LogP contribution in [0.5, 0.6) is 0 Å². The molecule has 0 saturated heterocycles. The number of aromatic nitrogens is 2. The highest BCUT2D eigenvalue weighted by molar-refractivity contribution is 7.71. The van der Waals surface area contributed by atoms with Crippen molar-refractivity contribution in [3.63, 3.8) is 0 Å². The molecule has 1 heterocycles. The minimum absolute atomic E-state index is 0.0473. The molecule has 26 heavy (non-hydrogen) atoms. The van der Waals surface area contributed by atoms with Crippen LogP contribution in [0.15, 0.2) is 35.6 Å². The summed E-state index contributed by atoms with van der Waals surface area (Å²) in [6.07, 6.45) is 1.62. The van der Waals surface area contributed by atoms with E-state index in [0.717, 1.165) is 6.54 Å². The molecule has 0 aliphatic carbocycles. The lowest BCUT2D eigenvalue weighted by Crippen LogP contribution is -2.40. The lowest BCUT2D eigenvalue weighted by atomic mass is 9.93. The second-order valence-electron chi connectivity index (χ2n) is 7.48. The van der Waals surface area contributed by atoms with Crippen LogP contribution in [-0.2, 0) is 6.54 Å². The minimum Gasteiger partial charge on any atom is -0.351 e. The largest absolute Gasteiger partial charge is 0.351 e. The highest BCUT2D eigenvalue weighted by atomic mass is 32.1. The minimum atomic E-state index is -0.192. The van der Waals surface area contributed by atoms with E-state index in [-0.39, 0.29) is 16.9 Å². The second kappa shape index (κ2) is 7.97. The Kier molecular flexibility index (Phi) is 6.15. The van der Waals surface area contributed by atoms with Crippen molar-refractivity contribution in [1.82, 2.24) is 19.8 Å². The third-order valence-electron chi connectivity index (χ3n) is 4.03. The smallest absolute Gasteiger partial charge is 0.262 e. The number of carbonyl (C=O) groups is 1. The molecule has 2 aromatic rings. The number of aromatic amines is 1. The van der Waals surface area contributed by atoms with E-state index in [1.54, 1.807) is 24.3 Å². The molecule has 1 aromatic carbocycles. The molecule has 0 aliphatic rings. The molecule has 1 amide bonds. The fraction of sp³-hybridized carbons (Fsp3) is 0.421. The maximum absolute atomic E-state index is 12.5. The third kappa shape index (κ3) is 4.68. The van der Waals surface area contributed by atoms with Gasteiger partial charge in [-0.05, 0) is 49.9 Å². The first-order valence-electron chi connectivity index (χ1n) is 8.45. The van der Waals surface area contributed by atoms with Crippen LogP contribution in [0.4, 0.5) is 0 Å². The van der Waals surface area contributed by atoms with Gasteiger partial charge in [0.15, 0.2) is 4.77 Å². The summed E-state index contributed by atoms with van der Waals surface area (Å²) in [6, 6.07) is 4.98. The first-order valence-corrected chi connectivity index (χ1v) is 8.86. The van der Waals surface area contributed by atoms with Gasteiger partial charge in [0, 0.05) is 25.2 Å². The first kappa shape index (κ1) is 20.1. The van der Waals surface area contributed by atoms with E-state index in [1.807, 2.05) is 14.1 Å². The van der Waals surface area contributed by atoms with E-state index < -0.39 is 0 Å². The van der Waals surface area contributed by atoms with E-state index in [1.165, 1.54) is 4.57 Å². The summed E-state index contributed by atoms with van der Waals surface area (Å²) < 4.78 is 1.75. The quantitative estimate of drug-likeness (QED) is 0.577. The van der Waals surface area contributed by atoms with E-state index in [2.05, 4.69) is 35.6 Å². The maximum Gasteiger partial charge on any atom is 0.262 e. The predicted octanol–water partition coefficient (Wildman–Crippen LogP) is 2.56. The van der Waals surface area contributed by atoms with Crippen LogP contribution in [0.2, 0.25) is 0 Å². The van der Waals surface area contributed by atoms with Gasteiger partial charge in [-0.25, -0.2) is 0 Å². The van der Waals surface area contributed by atoms with Gasteiger partial charge in [-0.2, -0.15) is 0 Å². The summed E-state index contributed by atoms with van der Waals surface area (Å²) in [5.74, 6) is -0.173. The number of hydrogen-bond donors (Lipinski definition) is 2. The lowest BCUT2D eigenvalue weighted by molar-refractivity contribution is 0.0929. The maximum atomic E-state index is 12.5. The van der Waals surface area contributed by atoms with Crippen LogP contribution in [-0.4, -0.2) is 47.5 Å². The van der Waals surface area contributed by atoms with E-state index in [9.17, 15) is 9.59 Å². The van der Waals surface area contributed by atoms with E-state index in [4.69, 9.17) is 12.2 Å². The highest BCUT2D eigenvalue weighted by Crippen LogP contribution is 2.15. The molecule has 0 atom stereocenters. The third-order valence-corrected chi connectivity index (χ3v) is 4.35. The number of nitrogens with one attached hydrogen (secondary N) is 2. The van der Waals surface area contributed by atoms with E-state index in [0.29, 0.717) is 34.3 Å². The SMILES string of the molecule is C=CCn1c(=S)[nH]c2cc(C(=O)NCC(C)(C)CN(C)C)ccc2c1=O. The molecule has 0 unspecified atom stereocenters. The van der Waals surface area contributed by atoms with Crippen molar-refractivity contribution >= 4 is 29.0 Å². The molecule has 0 radical (unpaired) electrons. The van der Waals surface area contributed by atoms with Crippen LogP contribution in [0.1, 0.15) is 24.2 Å². The van der Waals surface area contributed by atoms with Crippen molar-refractivity contribution in [2.75, 3.05) is 27.2 Å². The average Bonchev–Trinajstić information content (AvgIpc) is 2.55. The molecule has 2 N–H and O–H groups in total. The number of benzene rings is 1. The van der Waals surface area contributed by atoms with Crippen LogP contribution < -0.4 is 10.9 Å². The average molecular weight is 375 g/mol. The Morgan fingerprint density at radius 1 is 1.42 bits per heavy atom. The molecule has 1 aromatic heterocycles. The van der Waals surface area contributed by atoms with Gasteiger partial charge in [0.05, 0.1) is 10.9 Å². The van der Waals surface area contributed by atoms with Gasteiger partial charge in [-0.15, -0.1) is 6.58 Å². The zero-order chi connectivity index (χ0) is 19.5. The van der Waals surface area contributed by atoms with Gasteiger partial charge in [-0.1, -0.05) is 19.9 Å². The molecular weight excluding hydrogens is 348 g/mol. The zero-order valence-corrected chi connectivity index (χ0v) is 16.6. The molecule has 6 nitrogen and oxygen atoms in total. The number of carbonyl (C=O) groups excluding carboxylic acids is 1. The lowest BCUT2D eigenvalue weighted by Gasteiger charge is -2.28. The Bertz CT molecular complexity index is 941. The topological polar surface area (TPSA) is 70.1 Å². The number of fused-ring (bicyclic) bond motifs is 1. The predicted molar refractivity (Wildman–Crippen MR) is 108 cm³/mol. The number of allylic oxidation sites excluding steroid dienone is 1. The highest BCUT2D eigenvalue weighted by Gasteiger charge is 2.20. The van der Waals surface area contributed by atoms with Crippen LogP contribution in [0.25, 0.3) is 10.9 Å². The van der Waals surface area contributed by atoms with Gasteiger partial charge >= 0.3 is 0 Å². The number of hydrogen-bond acceptors (Lipinski definition) is 4. The molecule has 0 saturated carbocycles. The number of amides is 1. The van der Waals surface area contributed by atoms with Gasteiger partial charge in [-0.3, -0.25) is 14.2 Å². The van der Waals surface area contributed by atoms with Crippen molar-refractivity contribution < 1.29 is 4.79 Å². The molecule has 7 heteroatoms. The first-order chi connectivity index (χ1) is 12.1. The number of H-pyrrole nitrogens is 1. The summed E-state index contributed by atoms with van der Waals surface area (Å²) in [5.41, 5.74) is 0.807. The summed E-state index contributed by atoms with van der Waals surface area (Å²) in [4.78, 5) is 30.1. The second-order valence-corrected chi connectivity index (χ2v) is 7.87. The molecule has 0 fully saturated rings. The van der Waals surface area contributed by atoms with Crippen LogP contribution in [0, 0.1) is 10.2 Å². The van der Waals surface area contributed by atoms with Gasteiger partial charge in [0.1, 0.15) is 0 Å². The summed E-state index contributed by atoms with van der Waals surface area (Å²) in [5, 5.41) is 3.46. The van der Waals surface area contributed by atoms with Gasteiger partial charge < -0.3 is 15.2 Å². The Morgan fingerprint density at radius 3 is 2.73 bits per heavy atom. The number of rotatable bonds is 7. The normalized spacial score (nSPS) is 11.7. The van der Waals surface area contributed by atoms with Crippen molar-refractivity contribution in [2.24, 2.45) is 5.41 Å². The molecule has 140 valence electrons. The summed E-state index contributed by atoms with van der Waals surface area (Å²) >= 11 is 5.24. The number of nitrogens with zero attached hydrogens (tertiary/aromatic N) is 2. The molecule has 0 spiro atoms. The van der Waals surface area contributed by atoms with Crippen LogP contribution in [0.3, 0.4) is 0 Å². The van der Waals surface area contributed by atoms with Crippen molar-refractivity contribution in [2.45, 2.75) is 20.4 Å². The molecule has 2 rings (SSSR count). The Morgan fingerprint density at radius 2 is 2.12 bits per heavy atom. The van der Waals surface area contributed by atoms with Gasteiger partial charge in [0.2, 0.25) is 0 Å². The van der Waals surface area contributed by atoms with Crippen molar-refractivity contribution in [1.29, 1.82) is 0 Å². The zero-order valence-electron chi connectivity index (χ0n) is 15.8. The van der Waals surface area contributed by atoms with Crippen LogP contribution >= 0.6 is 12.2 Å². The molecule has 0 bridgehead atoms. The summed E-state index contributed by atoms with van der Waals surface area (Å²) in [6.45, 7) is 9.60. The Balaban J connectivity index is 2.27. The Hall–Kier alpha value is -2.25. The fourth-order valence-corrected chi connectivity index (χ4v) is 3.29.